The average Bonchev–Trinajstić information content (AvgIpc) is 2.65. The van der Waals surface area contributed by atoms with E-state index in [1.807, 2.05) is 6.92 Å². The lowest BCUT2D eigenvalue weighted by Crippen LogP contribution is -2.16. The van der Waals surface area contributed by atoms with Gasteiger partial charge >= 0.3 is 0 Å². The Bertz CT molecular complexity index is 1080. The lowest BCUT2D eigenvalue weighted by Gasteiger charge is -2.15. The van der Waals surface area contributed by atoms with Crippen LogP contribution in [0.1, 0.15) is 17.0 Å². The van der Waals surface area contributed by atoms with Crippen LogP contribution in [-0.2, 0) is 6.54 Å². The second-order valence-corrected chi connectivity index (χ2v) is 6.36. The molecule has 3 aromatic rings. The minimum Gasteiger partial charge on any atom is -0.353 e. The zero-order valence-electron chi connectivity index (χ0n) is 14.6. The van der Waals surface area contributed by atoms with Crippen molar-refractivity contribution in [3.63, 3.8) is 0 Å². The van der Waals surface area contributed by atoms with Crippen LogP contribution in [0.25, 0.3) is 17.2 Å². The third-order valence-corrected chi connectivity index (χ3v) is 4.44. The molecular weight excluding hydrogens is 367 g/mol. The molecule has 7 heteroatoms. The fourth-order valence-corrected chi connectivity index (χ4v) is 3.01. The Balaban J connectivity index is 2.16. The van der Waals surface area contributed by atoms with Gasteiger partial charge in [-0.2, -0.15) is 0 Å². The maximum atomic E-state index is 14.3. The van der Waals surface area contributed by atoms with Crippen LogP contribution in [0.3, 0.4) is 0 Å². The summed E-state index contributed by atoms with van der Waals surface area (Å²) in [7, 11) is 0. The Labute approximate surface area is 160 Å². The van der Waals surface area contributed by atoms with Crippen molar-refractivity contribution in [2.24, 2.45) is 5.73 Å². The van der Waals surface area contributed by atoms with Crippen molar-refractivity contribution < 1.29 is 4.39 Å². The van der Waals surface area contributed by atoms with Crippen molar-refractivity contribution >= 4 is 29.1 Å². The van der Waals surface area contributed by atoms with E-state index >= 15 is 0 Å². The molecule has 27 heavy (non-hydrogen) atoms. The first-order chi connectivity index (χ1) is 12.9. The number of hydrogen-bond donors (Lipinski definition) is 3. The number of hydrogen-bond acceptors (Lipinski definition) is 4. The van der Waals surface area contributed by atoms with Gasteiger partial charge in [-0.15, -0.1) is 0 Å². The van der Waals surface area contributed by atoms with Crippen LogP contribution in [0, 0.1) is 12.7 Å². The Hall–Kier alpha value is -2.96. The van der Waals surface area contributed by atoms with Crippen LogP contribution in [0.5, 0.6) is 0 Å². The number of nitrogens with two attached hydrogens (primary N) is 1. The Morgan fingerprint density at radius 1 is 1.30 bits per heavy atom. The molecule has 2 heterocycles. The van der Waals surface area contributed by atoms with Crippen molar-refractivity contribution in [1.29, 1.82) is 0 Å². The number of nitrogens with one attached hydrogen (secondary N) is 2. The monoisotopic (exact) mass is 384 g/mol. The van der Waals surface area contributed by atoms with Crippen molar-refractivity contribution in [1.82, 2.24) is 9.97 Å². The van der Waals surface area contributed by atoms with E-state index in [9.17, 15) is 9.18 Å². The quantitative estimate of drug-likeness (QED) is 0.609. The van der Waals surface area contributed by atoms with E-state index in [0.29, 0.717) is 16.4 Å². The zero-order chi connectivity index (χ0) is 19.6. The summed E-state index contributed by atoms with van der Waals surface area (Å²) in [4.78, 5) is 19.4. The molecule has 5 nitrogen and oxygen atoms in total. The van der Waals surface area contributed by atoms with Gasteiger partial charge in [-0.25, -0.2) is 4.39 Å². The maximum absolute atomic E-state index is 14.3. The van der Waals surface area contributed by atoms with Crippen molar-refractivity contribution in [2.75, 3.05) is 5.32 Å². The minimum absolute atomic E-state index is 0.101. The number of benzene rings is 1. The summed E-state index contributed by atoms with van der Waals surface area (Å²) in [6.07, 6.45) is 3.35. The number of pyridine rings is 2. The first-order valence-corrected chi connectivity index (χ1v) is 8.59. The molecule has 0 spiro atoms. The van der Waals surface area contributed by atoms with E-state index in [2.05, 4.69) is 21.9 Å². The molecule has 0 bridgehead atoms. The third-order valence-electron chi connectivity index (χ3n) is 4.21. The molecule has 138 valence electrons. The Morgan fingerprint density at radius 3 is 2.78 bits per heavy atom. The standard InChI is InChI=1S/C20H18ClFN4O/c1-3-13-11(2)24-7-6-17(13)25-18-9-15(20(27)26-19(18)10-23)14-8-12(21)4-5-16(14)22/h3-9H,1,10,23H2,2H3,(H,24,25)(H,26,27). The molecule has 0 aliphatic heterocycles. The molecule has 0 saturated heterocycles. The lowest BCUT2D eigenvalue weighted by atomic mass is 10.0. The summed E-state index contributed by atoms with van der Waals surface area (Å²) in [6.45, 7) is 5.78. The lowest BCUT2D eigenvalue weighted by molar-refractivity contribution is 0.631. The van der Waals surface area contributed by atoms with E-state index in [1.165, 1.54) is 18.2 Å². The number of nitrogens with zero attached hydrogens (tertiary/aromatic N) is 1. The SMILES string of the molecule is C=Cc1c(Nc2cc(-c3cc(Cl)ccc3F)c(=O)[nH]c2CN)ccnc1C. The number of aromatic nitrogens is 2. The molecule has 0 radical (unpaired) electrons. The molecule has 0 aliphatic carbocycles. The number of halogens is 2. The number of anilines is 2. The van der Waals surface area contributed by atoms with Gasteiger partial charge in [-0.05, 0) is 37.3 Å². The predicted molar refractivity (Wildman–Crippen MR) is 108 cm³/mol. The van der Waals surface area contributed by atoms with E-state index in [4.69, 9.17) is 17.3 Å². The smallest absolute Gasteiger partial charge is 0.256 e. The highest BCUT2D eigenvalue weighted by atomic mass is 35.5. The van der Waals surface area contributed by atoms with Crippen LogP contribution in [0.4, 0.5) is 15.8 Å². The largest absolute Gasteiger partial charge is 0.353 e. The first kappa shape index (κ1) is 18.8. The molecule has 0 saturated carbocycles. The molecule has 0 unspecified atom stereocenters. The van der Waals surface area contributed by atoms with E-state index in [0.717, 1.165) is 16.9 Å². The van der Waals surface area contributed by atoms with Gasteiger partial charge < -0.3 is 16.0 Å². The van der Waals surface area contributed by atoms with Gasteiger partial charge in [0.05, 0.1) is 16.9 Å². The van der Waals surface area contributed by atoms with Crippen LogP contribution in [0.2, 0.25) is 5.02 Å². The van der Waals surface area contributed by atoms with Crippen molar-refractivity contribution in [3.8, 4) is 11.1 Å². The van der Waals surface area contributed by atoms with Crippen molar-refractivity contribution in [2.45, 2.75) is 13.5 Å². The number of aryl methyl sites for hydroxylation is 1. The molecule has 1 aromatic carbocycles. The predicted octanol–water partition coefficient (Wildman–Crippen LogP) is 4.38. The second-order valence-electron chi connectivity index (χ2n) is 5.92. The molecule has 0 atom stereocenters. The van der Waals surface area contributed by atoms with Crippen LogP contribution < -0.4 is 16.6 Å². The highest BCUT2D eigenvalue weighted by Crippen LogP contribution is 2.29. The normalized spacial score (nSPS) is 10.7. The molecular formula is C20H18ClFN4O. The van der Waals surface area contributed by atoms with Gasteiger partial charge in [0.25, 0.3) is 5.56 Å². The molecule has 0 amide bonds. The van der Waals surface area contributed by atoms with Gasteiger partial charge in [-0.1, -0.05) is 24.3 Å². The Morgan fingerprint density at radius 2 is 2.07 bits per heavy atom. The highest BCUT2D eigenvalue weighted by Gasteiger charge is 2.15. The second kappa shape index (κ2) is 7.73. The van der Waals surface area contributed by atoms with Gasteiger partial charge in [-0.3, -0.25) is 9.78 Å². The highest BCUT2D eigenvalue weighted by molar-refractivity contribution is 6.30. The summed E-state index contributed by atoms with van der Waals surface area (Å²) in [5.41, 5.74) is 9.02. The summed E-state index contributed by atoms with van der Waals surface area (Å²) in [6, 6.07) is 7.42. The van der Waals surface area contributed by atoms with Gasteiger partial charge in [0.15, 0.2) is 0 Å². The Kier molecular flexibility index (Phi) is 5.39. The van der Waals surface area contributed by atoms with Gasteiger partial charge in [0.2, 0.25) is 0 Å². The van der Waals surface area contributed by atoms with Crippen LogP contribution in [0.15, 0.2) is 47.9 Å². The van der Waals surface area contributed by atoms with Gasteiger partial charge in [0.1, 0.15) is 5.82 Å². The summed E-state index contributed by atoms with van der Waals surface area (Å²) in [5, 5.41) is 3.57. The fraction of sp³-hybridized carbons (Fsp3) is 0.100. The van der Waals surface area contributed by atoms with Crippen molar-refractivity contribution in [3.05, 3.63) is 81.3 Å². The number of H-pyrrole nitrogens is 1. The topological polar surface area (TPSA) is 83.8 Å². The van der Waals surface area contributed by atoms with E-state index in [1.54, 1.807) is 24.4 Å². The van der Waals surface area contributed by atoms with E-state index in [-0.39, 0.29) is 17.7 Å². The summed E-state index contributed by atoms with van der Waals surface area (Å²) < 4.78 is 14.3. The minimum atomic E-state index is -0.539. The zero-order valence-corrected chi connectivity index (χ0v) is 15.4. The molecule has 0 fully saturated rings. The summed E-state index contributed by atoms with van der Waals surface area (Å²) >= 11 is 5.97. The first-order valence-electron chi connectivity index (χ1n) is 8.21. The number of aromatic amines is 1. The fourth-order valence-electron chi connectivity index (χ4n) is 2.83. The molecule has 0 aliphatic rings. The van der Waals surface area contributed by atoms with E-state index < -0.39 is 11.4 Å². The molecule has 3 rings (SSSR count). The van der Waals surface area contributed by atoms with Crippen LogP contribution in [-0.4, -0.2) is 9.97 Å². The summed E-state index contributed by atoms with van der Waals surface area (Å²) in [5.74, 6) is -0.539. The molecule has 2 aromatic heterocycles. The average molecular weight is 385 g/mol. The third kappa shape index (κ3) is 3.77. The molecule has 4 N–H and O–H groups in total. The van der Waals surface area contributed by atoms with Crippen LogP contribution >= 0.6 is 11.6 Å². The maximum Gasteiger partial charge on any atom is 0.256 e. The van der Waals surface area contributed by atoms with Gasteiger partial charge in [0, 0.05) is 40.3 Å². The number of rotatable bonds is 5.